The van der Waals surface area contributed by atoms with Crippen LogP contribution in [0.5, 0.6) is 0 Å². The third-order valence-corrected chi connectivity index (χ3v) is 0.733. The van der Waals surface area contributed by atoms with E-state index in [1.165, 1.54) is 0 Å². The predicted octanol–water partition coefficient (Wildman–Crippen LogP) is -0.449. The van der Waals surface area contributed by atoms with Crippen LogP contribution in [0.25, 0.3) is 0 Å². The first-order valence-corrected chi connectivity index (χ1v) is 2.06. The second-order valence-corrected chi connectivity index (χ2v) is 1.34. The quantitative estimate of drug-likeness (QED) is 0.255. The van der Waals surface area contributed by atoms with E-state index in [1.54, 1.807) is 6.92 Å². The monoisotopic (exact) mass is 108 g/mol. The molecule has 0 unspecified atom stereocenters. The van der Waals surface area contributed by atoms with Gasteiger partial charge in [0.1, 0.15) is 6.54 Å². The molecule has 0 aromatic heterocycles. The summed E-state index contributed by atoms with van der Waals surface area (Å²) in [5.74, 6) is 0. The van der Waals surface area contributed by atoms with Crippen molar-refractivity contribution in [3.05, 3.63) is 0 Å². The normalized spacial score (nSPS) is 12.0. The fourth-order valence-electron chi connectivity index (χ4n) is 0.1000. The summed E-state index contributed by atoms with van der Waals surface area (Å²) in [4.78, 5) is -1.31. The van der Waals surface area contributed by atoms with Crippen molar-refractivity contribution >= 4 is 0 Å². The molecule has 0 aliphatic rings. The van der Waals surface area contributed by atoms with Crippen molar-refractivity contribution in [3.63, 3.8) is 0 Å². The van der Waals surface area contributed by atoms with Crippen molar-refractivity contribution in [1.29, 1.82) is 0 Å². The smallest absolute Gasteiger partial charge is 0.242 e. The predicted molar refractivity (Wildman–Crippen MR) is 21.5 cm³/mol. The van der Waals surface area contributed by atoms with Gasteiger partial charge in [0.2, 0.25) is 6.73 Å². The average molecular weight is 108 g/mol. The van der Waals surface area contributed by atoms with Gasteiger partial charge >= 0.3 is 0 Å². The molecule has 0 saturated heterocycles. The molecule has 0 saturated carbocycles. The first-order valence-electron chi connectivity index (χ1n) is 2.06. The van der Waals surface area contributed by atoms with Crippen LogP contribution in [0, 0.1) is 0 Å². The summed E-state index contributed by atoms with van der Waals surface area (Å²) in [7, 11) is 0. The molecule has 0 heterocycles. The van der Waals surface area contributed by atoms with Crippen LogP contribution in [-0.4, -0.2) is 33.6 Å². The Morgan fingerprint density at radius 2 is 1.86 bits per heavy atom. The summed E-state index contributed by atoms with van der Waals surface area (Å²) in [6.07, 6.45) is 0. The standard InChI is InChI=1S/C3H10NO3/c1-2-4(6,7)3-5/h5-7H,2-3H2,1H3/q+1. The number of quaternary nitrogens is 1. The molecule has 0 bridgehead atoms. The average Bonchev–Trinajstić information content (AvgIpc) is 1.68. The van der Waals surface area contributed by atoms with Crippen LogP contribution in [0.4, 0.5) is 0 Å². The van der Waals surface area contributed by atoms with Crippen LogP contribution < -0.4 is 0 Å². The summed E-state index contributed by atoms with van der Waals surface area (Å²) >= 11 is 0. The minimum atomic E-state index is -1.31. The zero-order valence-corrected chi connectivity index (χ0v) is 4.20. The molecule has 0 spiro atoms. The Bertz CT molecular complexity index is 48.1. The van der Waals surface area contributed by atoms with Gasteiger partial charge in [-0.2, -0.15) is 10.4 Å². The SMILES string of the molecule is CC[N+](O)(O)CO. The third kappa shape index (κ3) is 2.52. The Balaban J connectivity index is 3.36. The van der Waals surface area contributed by atoms with Crippen molar-refractivity contribution in [2.24, 2.45) is 0 Å². The summed E-state index contributed by atoms with van der Waals surface area (Å²) in [5, 5.41) is 24.8. The number of aliphatic hydroxyl groups excluding tert-OH is 1. The Labute approximate surface area is 41.7 Å². The maximum atomic E-state index is 8.38. The lowest BCUT2D eigenvalue weighted by atomic mass is 10.7. The molecule has 0 aliphatic carbocycles. The third-order valence-electron chi connectivity index (χ3n) is 0.733. The van der Waals surface area contributed by atoms with Crippen LogP contribution in [-0.2, 0) is 0 Å². The molecule has 0 aromatic rings. The fraction of sp³-hybridized carbons (Fsp3) is 1.00. The number of hydrogen-bond donors (Lipinski definition) is 3. The Morgan fingerprint density at radius 3 is 1.86 bits per heavy atom. The van der Waals surface area contributed by atoms with E-state index in [-0.39, 0.29) is 6.54 Å². The van der Waals surface area contributed by atoms with Crippen molar-refractivity contribution in [1.82, 2.24) is 0 Å². The molecule has 3 N–H and O–H groups in total. The minimum Gasteiger partial charge on any atom is -0.343 e. The van der Waals surface area contributed by atoms with Crippen LogP contribution in [0.1, 0.15) is 6.92 Å². The summed E-state index contributed by atoms with van der Waals surface area (Å²) in [6, 6.07) is 0. The molecule has 0 fully saturated rings. The molecule has 4 heteroatoms. The molecule has 7 heavy (non-hydrogen) atoms. The Hall–Kier alpha value is -0.160. The lowest BCUT2D eigenvalue weighted by Crippen LogP contribution is -2.41. The number of nitrogens with zero attached hydrogens (tertiary/aromatic N) is 1. The van der Waals surface area contributed by atoms with E-state index in [9.17, 15) is 0 Å². The van der Waals surface area contributed by atoms with E-state index < -0.39 is 11.5 Å². The molecule has 0 aromatic carbocycles. The number of hydroxylamine groups is 4. The largest absolute Gasteiger partial charge is 0.343 e. The van der Waals surface area contributed by atoms with Crippen LogP contribution in [0.15, 0.2) is 0 Å². The molecule has 0 atom stereocenters. The summed E-state index contributed by atoms with van der Waals surface area (Å²) in [6.45, 7) is 0.989. The van der Waals surface area contributed by atoms with Crippen molar-refractivity contribution in [2.45, 2.75) is 6.92 Å². The highest BCUT2D eigenvalue weighted by atomic mass is 16.9. The van der Waals surface area contributed by atoms with Crippen molar-refractivity contribution in [2.75, 3.05) is 13.3 Å². The highest BCUT2D eigenvalue weighted by Gasteiger charge is 2.15. The lowest BCUT2D eigenvalue weighted by Gasteiger charge is -2.14. The molecule has 4 nitrogen and oxygen atoms in total. The second-order valence-electron chi connectivity index (χ2n) is 1.34. The van der Waals surface area contributed by atoms with Gasteiger partial charge in [-0.3, -0.25) is 0 Å². The zero-order valence-electron chi connectivity index (χ0n) is 4.20. The Kier molecular flexibility index (Phi) is 2.17. The molecule has 0 aliphatic heterocycles. The van der Waals surface area contributed by atoms with Crippen molar-refractivity contribution < 1.29 is 20.3 Å². The van der Waals surface area contributed by atoms with E-state index in [1.807, 2.05) is 0 Å². The highest BCUT2D eigenvalue weighted by Crippen LogP contribution is 1.88. The van der Waals surface area contributed by atoms with Gasteiger partial charge in [-0.1, -0.05) is 0 Å². The number of rotatable bonds is 2. The molecular weight excluding hydrogens is 98.0 g/mol. The lowest BCUT2D eigenvalue weighted by molar-refractivity contribution is -1.25. The minimum absolute atomic E-state index is 0.0938. The van der Waals surface area contributed by atoms with Gasteiger partial charge < -0.3 is 5.11 Å². The van der Waals surface area contributed by atoms with Gasteiger partial charge in [0.25, 0.3) is 0 Å². The van der Waals surface area contributed by atoms with E-state index in [0.29, 0.717) is 0 Å². The van der Waals surface area contributed by atoms with E-state index >= 15 is 0 Å². The van der Waals surface area contributed by atoms with Crippen molar-refractivity contribution in [3.8, 4) is 0 Å². The van der Waals surface area contributed by atoms with Gasteiger partial charge in [-0.15, -0.1) is 0 Å². The first-order chi connectivity index (χ1) is 3.12. The summed E-state index contributed by atoms with van der Waals surface area (Å²) < 4.78 is 0. The van der Waals surface area contributed by atoms with Crippen LogP contribution in [0.3, 0.4) is 0 Å². The zero-order chi connectivity index (χ0) is 5.91. The maximum absolute atomic E-state index is 8.38. The van der Waals surface area contributed by atoms with E-state index in [0.717, 1.165) is 0 Å². The second kappa shape index (κ2) is 2.23. The maximum Gasteiger partial charge on any atom is 0.242 e. The molecule has 0 radical (unpaired) electrons. The topological polar surface area (TPSA) is 60.7 Å². The van der Waals surface area contributed by atoms with Gasteiger partial charge in [0.15, 0.2) is 0 Å². The molecule has 44 valence electrons. The first kappa shape index (κ1) is 6.84. The fourth-order valence-corrected chi connectivity index (χ4v) is 0.1000. The highest BCUT2D eigenvalue weighted by molar-refractivity contribution is 3.96. The van der Waals surface area contributed by atoms with E-state index in [4.69, 9.17) is 15.5 Å². The van der Waals surface area contributed by atoms with Gasteiger partial charge in [0, 0.05) is 0 Å². The van der Waals surface area contributed by atoms with Crippen LogP contribution in [0.2, 0.25) is 0 Å². The van der Waals surface area contributed by atoms with E-state index in [2.05, 4.69) is 0 Å². The van der Waals surface area contributed by atoms with Gasteiger partial charge in [-0.05, 0) is 11.7 Å². The number of hydrogen-bond acceptors (Lipinski definition) is 3. The Morgan fingerprint density at radius 1 is 1.43 bits per heavy atom. The van der Waals surface area contributed by atoms with Gasteiger partial charge in [-0.25, -0.2) is 0 Å². The van der Waals surface area contributed by atoms with Gasteiger partial charge in [0.05, 0.1) is 0 Å². The molecule has 0 rings (SSSR count). The van der Waals surface area contributed by atoms with Crippen LogP contribution >= 0.6 is 0 Å². The summed E-state index contributed by atoms with van der Waals surface area (Å²) in [5.41, 5.74) is 0. The number of aliphatic hydroxyl groups is 1. The molecular formula is C3H10NO3+. The molecule has 0 amide bonds.